The van der Waals surface area contributed by atoms with Gasteiger partial charge in [0.05, 0.1) is 0 Å². The number of hydrogen-bond acceptors (Lipinski definition) is 3. The lowest BCUT2D eigenvalue weighted by molar-refractivity contribution is 0.0778. The summed E-state index contributed by atoms with van der Waals surface area (Å²) in [5.41, 5.74) is 2.06. The zero-order chi connectivity index (χ0) is 14.7. The number of benzene rings is 1. The van der Waals surface area contributed by atoms with Crippen molar-refractivity contribution in [3.8, 4) is 11.3 Å². The van der Waals surface area contributed by atoms with Crippen molar-refractivity contribution >= 4 is 5.91 Å². The predicted octanol–water partition coefficient (Wildman–Crippen LogP) is 3.38. The molecule has 2 aromatic rings. The van der Waals surface area contributed by atoms with Gasteiger partial charge >= 0.3 is 0 Å². The minimum Gasteiger partial charge on any atom is -0.360 e. The summed E-state index contributed by atoms with van der Waals surface area (Å²) in [4.78, 5) is 14.3. The van der Waals surface area contributed by atoms with Crippen LogP contribution >= 0.6 is 0 Å². The average Bonchev–Trinajstić information content (AvgIpc) is 2.80. The van der Waals surface area contributed by atoms with E-state index in [2.05, 4.69) is 19.0 Å². The van der Waals surface area contributed by atoms with Crippen LogP contribution in [0.1, 0.15) is 30.0 Å². The molecule has 1 aromatic carbocycles. The van der Waals surface area contributed by atoms with E-state index in [0.717, 1.165) is 5.56 Å². The van der Waals surface area contributed by atoms with Crippen molar-refractivity contribution in [3.63, 3.8) is 0 Å². The summed E-state index contributed by atoms with van der Waals surface area (Å²) in [6, 6.07) is 9.63. The van der Waals surface area contributed by atoms with Gasteiger partial charge in [-0.3, -0.25) is 4.79 Å². The van der Waals surface area contributed by atoms with Crippen molar-refractivity contribution in [1.82, 2.24) is 10.1 Å². The van der Waals surface area contributed by atoms with Crippen molar-refractivity contribution in [3.05, 3.63) is 41.7 Å². The Hall–Kier alpha value is -2.10. The van der Waals surface area contributed by atoms with Crippen LogP contribution in [-0.4, -0.2) is 29.6 Å². The molecule has 0 unspecified atom stereocenters. The molecule has 0 atom stereocenters. The second-order valence-corrected chi connectivity index (χ2v) is 5.41. The van der Waals surface area contributed by atoms with Gasteiger partial charge in [-0.1, -0.05) is 49.3 Å². The normalized spacial score (nSPS) is 10.8. The number of nitrogens with zero attached hydrogens (tertiary/aromatic N) is 2. The maximum Gasteiger partial charge on any atom is 0.259 e. The minimum atomic E-state index is -0.0451. The van der Waals surface area contributed by atoms with E-state index in [1.807, 2.05) is 37.4 Å². The van der Waals surface area contributed by atoms with Crippen LogP contribution in [0.25, 0.3) is 11.3 Å². The number of carbonyl (C=O) groups excluding carboxylic acids is 1. The molecule has 1 heterocycles. The lowest BCUT2D eigenvalue weighted by atomic mass is 10.0. The lowest BCUT2D eigenvalue weighted by Gasteiger charge is -2.19. The largest absolute Gasteiger partial charge is 0.360 e. The molecule has 4 nitrogen and oxygen atoms in total. The molecule has 106 valence electrons. The monoisotopic (exact) mass is 272 g/mol. The number of hydrogen-bond donors (Lipinski definition) is 0. The zero-order valence-electron chi connectivity index (χ0n) is 12.4. The summed E-state index contributed by atoms with van der Waals surface area (Å²) in [5.74, 6) is 0.935. The van der Waals surface area contributed by atoms with E-state index >= 15 is 0 Å². The van der Waals surface area contributed by atoms with Crippen molar-refractivity contribution in [2.45, 2.75) is 20.8 Å². The van der Waals surface area contributed by atoms with Crippen LogP contribution in [0, 0.1) is 12.8 Å². The number of amides is 1. The molecule has 0 aliphatic heterocycles. The molecule has 0 fully saturated rings. The fraction of sp³-hybridized carbons (Fsp3) is 0.375. The van der Waals surface area contributed by atoms with E-state index in [4.69, 9.17) is 4.52 Å². The molecule has 2 rings (SSSR count). The Kier molecular flexibility index (Phi) is 4.23. The first kappa shape index (κ1) is 14.3. The maximum atomic E-state index is 12.6. The van der Waals surface area contributed by atoms with E-state index in [0.29, 0.717) is 29.5 Å². The van der Waals surface area contributed by atoms with Crippen LogP contribution in [0.5, 0.6) is 0 Å². The van der Waals surface area contributed by atoms with Gasteiger partial charge in [0.1, 0.15) is 17.0 Å². The number of aryl methyl sites for hydroxylation is 1. The highest BCUT2D eigenvalue weighted by atomic mass is 16.5. The zero-order valence-corrected chi connectivity index (χ0v) is 12.4. The molecule has 0 aliphatic carbocycles. The quantitative estimate of drug-likeness (QED) is 0.857. The van der Waals surface area contributed by atoms with Crippen LogP contribution in [-0.2, 0) is 0 Å². The standard InChI is InChI=1S/C16H20N2O2/c1-11(2)10-18(4)16(19)14-12(3)20-17-15(14)13-8-6-5-7-9-13/h5-9,11H,10H2,1-4H3. The van der Waals surface area contributed by atoms with E-state index in [9.17, 15) is 4.79 Å². The third-order valence-corrected chi connectivity index (χ3v) is 3.11. The molecule has 0 saturated carbocycles. The number of rotatable bonds is 4. The average molecular weight is 272 g/mol. The Bertz CT molecular complexity index is 588. The van der Waals surface area contributed by atoms with E-state index in [1.54, 1.807) is 11.8 Å². The first-order valence-corrected chi connectivity index (χ1v) is 6.78. The highest BCUT2D eigenvalue weighted by molar-refractivity contribution is 6.00. The highest BCUT2D eigenvalue weighted by Gasteiger charge is 2.24. The van der Waals surface area contributed by atoms with Gasteiger partial charge in [-0.05, 0) is 12.8 Å². The topological polar surface area (TPSA) is 46.3 Å². The molecule has 0 saturated heterocycles. The summed E-state index contributed by atoms with van der Waals surface area (Å²) in [7, 11) is 1.81. The number of carbonyl (C=O) groups is 1. The lowest BCUT2D eigenvalue weighted by Crippen LogP contribution is -2.30. The van der Waals surface area contributed by atoms with E-state index in [1.165, 1.54) is 0 Å². The molecule has 0 aliphatic rings. The summed E-state index contributed by atoms with van der Waals surface area (Å²) >= 11 is 0. The molecular weight excluding hydrogens is 252 g/mol. The first-order valence-electron chi connectivity index (χ1n) is 6.78. The van der Waals surface area contributed by atoms with Gasteiger partial charge in [0.25, 0.3) is 5.91 Å². The SMILES string of the molecule is Cc1onc(-c2ccccc2)c1C(=O)N(C)CC(C)C. The molecule has 20 heavy (non-hydrogen) atoms. The van der Waals surface area contributed by atoms with Gasteiger partial charge in [-0.15, -0.1) is 0 Å². The van der Waals surface area contributed by atoms with Crippen molar-refractivity contribution in [2.24, 2.45) is 5.92 Å². The van der Waals surface area contributed by atoms with Gasteiger partial charge in [0.15, 0.2) is 0 Å². The van der Waals surface area contributed by atoms with Crippen LogP contribution in [0.15, 0.2) is 34.9 Å². The molecule has 4 heteroatoms. The fourth-order valence-electron chi connectivity index (χ4n) is 2.24. The summed E-state index contributed by atoms with van der Waals surface area (Å²) in [6.07, 6.45) is 0. The summed E-state index contributed by atoms with van der Waals surface area (Å²) in [6.45, 7) is 6.65. The van der Waals surface area contributed by atoms with E-state index < -0.39 is 0 Å². The van der Waals surface area contributed by atoms with Gasteiger partial charge in [-0.25, -0.2) is 0 Å². The molecule has 1 aromatic heterocycles. The predicted molar refractivity (Wildman–Crippen MR) is 78.5 cm³/mol. The molecule has 0 radical (unpaired) electrons. The fourth-order valence-corrected chi connectivity index (χ4v) is 2.24. The molecule has 0 spiro atoms. The summed E-state index contributed by atoms with van der Waals surface area (Å²) < 4.78 is 5.23. The van der Waals surface area contributed by atoms with Crippen molar-refractivity contribution < 1.29 is 9.32 Å². The third kappa shape index (κ3) is 2.90. The van der Waals surface area contributed by atoms with E-state index in [-0.39, 0.29) is 5.91 Å². The van der Waals surface area contributed by atoms with Gasteiger partial charge in [0.2, 0.25) is 0 Å². The van der Waals surface area contributed by atoms with Crippen molar-refractivity contribution in [1.29, 1.82) is 0 Å². The summed E-state index contributed by atoms with van der Waals surface area (Å²) in [5, 5.41) is 4.05. The Morgan fingerprint density at radius 1 is 1.30 bits per heavy atom. The Labute approximate surface area is 119 Å². The first-order chi connectivity index (χ1) is 9.50. The molecular formula is C16H20N2O2. The Morgan fingerprint density at radius 2 is 1.95 bits per heavy atom. The second kappa shape index (κ2) is 5.90. The van der Waals surface area contributed by atoms with Crippen LogP contribution in [0.2, 0.25) is 0 Å². The van der Waals surface area contributed by atoms with Crippen LogP contribution in [0.3, 0.4) is 0 Å². The van der Waals surface area contributed by atoms with Crippen LogP contribution in [0.4, 0.5) is 0 Å². The van der Waals surface area contributed by atoms with Crippen LogP contribution < -0.4 is 0 Å². The van der Waals surface area contributed by atoms with Gasteiger partial charge < -0.3 is 9.42 Å². The molecule has 0 bridgehead atoms. The maximum absolute atomic E-state index is 12.6. The van der Waals surface area contributed by atoms with Gasteiger partial charge in [0, 0.05) is 19.2 Å². The Balaban J connectivity index is 2.37. The highest BCUT2D eigenvalue weighted by Crippen LogP contribution is 2.26. The third-order valence-electron chi connectivity index (χ3n) is 3.11. The number of aromatic nitrogens is 1. The molecule has 0 N–H and O–H groups in total. The van der Waals surface area contributed by atoms with Gasteiger partial charge in [-0.2, -0.15) is 0 Å². The second-order valence-electron chi connectivity index (χ2n) is 5.41. The smallest absolute Gasteiger partial charge is 0.259 e. The van der Waals surface area contributed by atoms with Crippen molar-refractivity contribution in [2.75, 3.05) is 13.6 Å². The Morgan fingerprint density at radius 3 is 2.55 bits per heavy atom. The molecule has 1 amide bonds. The minimum absolute atomic E-state index is 0.0451.